The van der Waals surface area contributed by atoms with Crippen LogP contribution in [-0.2, 0) is 4.74 Å². The second kappa shape index (κ2) is 2.71. The van der Waals surface area contributed by atoms with Crippen LogP contribution in [0.2, 0.25) is 0 Å². The Kier molecular flexibility index (Phi) is 1.92. The highest BCUT2D eigenvalue weighted by molar-refractivity contribution is 4.96. The maximum absolute atomic E-state index is 5.54. The van der Waals surface area contributed by atoms with Gasteiger partial charge in [-0.1, -0.05) is 0 Å². The maximum Gasteiger partial charge on any atom is 0.0622 e. The van der Waals surface area contributed by atoms with Gasteiger partial charge in [0.25, 0.3) is 0 Å². The highest BCUT2D eigenvalue weighted by Gasteiger charge is 2.42. The Balaban J connectivity index is 2.15. The molecule has 0 amide bonds. The number of hydrogen-bond donors (Lipinski definition) is 0. The maximum atomic E-state index is 5.54. The van der Waals surface area contributed by atoms with Crippen LogP contribution >= 0.6 is 0 Å². The van der Waals surface area contributed by atoms with Gasteiger partial charge in [0.15, 0.2) is 0 Å². The summed E-state index contributed by atoms with van der Waals surface area (Å²) in [5, 5.41) is 0. The lowest BCUT2D eigenvalue weighted by Gasteiger charge is -2.44. The van der Waals surface area contributed by atoms with E-state index in [0.717, 1.165) is 13.2 Å². The third-order valence-electron chi connectivity index (χ3n) is 3.01. The molecule has 2 heterocycles. The molecule has 2 saturated heterocycles. The highest BCUT2D eigenvalue weighted by atomic mass is 16.5. The molecule has 0 aromatic heterocycles. The van der Waals surface area contributed by atoms with Gasteiger partial charge in [0.1, 0.15) is 0 Å². The lowest BCUT2D eigenvalue weighted by Crippen LogP contribution is -2.54. The van der Waals surface area contributed by atoms with E-state index in [1.165, 1.54) is 12.8 Å². The first-order valence-corrected chi connectivity index (χ1v) is 4.95. The average molecular weight is 169 g/mol. The van der Waals surface area contributed by atoms with Crippen molar-refractivity contribution in [2.75, 3.05) is 13.2 Å². The minimum atomic E-state index is 0.329. The van der Waals surface area contributed by atoms with Gasteiger partial charge in [-0.3, -0.25) is 4.90 Å². The number of morpholine rings is 1. The summed E-state index contributed by atoms with van der Waals surface area (Å²) in [5.74, 6) is 0. The summed E-state index contributed by atoms with van der Waals surface area (Å²) in [7, 11) is 0. The van der Waals surface area contributed by atoms with Crippen LogP contribution < -0.4 is 0 Å². The summed E-state index contributed by atoms with van der Waals surface area (Å²) in [5.41, 5.74) is 0.329. The molecule has 12 heavy (non-hydrogen) atoms. The van der Waals surface area contributed by atoms with Crippen molar-refractivity contribution in [3.63, 3.8) is 0 Å². The second-order valence-electron chi connectivity index (χ2n) is 5.00. The minimum absolute atomic E-state index is 0.329. The van der Waals surface area contributed by atoms with Crippen molar-refractivity contribution in [2.45, 2.75) is 51.2 Å². The topological polar surface area (TPSA) is 12.5 Å². The summed E-state index contributed by atoms with van der Waals surface area (Å²) in [6, 6.07) is 1.40. The average Bonchev–Trinajstić information content (AvgIpc) is 2.23. The lowest BCUT2D eigenvalue weighted by atomic mass is 10.0. The van der Waals surface area contributed by atoms with Gasteiger partial charge in [0.2, 0.25) is 0 Å². The van der Waals surface area contributed by atoms with Crippen LogP contribution in [0.25, 0.3) is 0 Å². The second-order valence-corrected chi connectivity index (χ2v) is 5.00. The van der Waals surface area contributed by atoms with E-state index in [-0.39, 0.29) is 0 Å². The first-order chi connectivity index (χ1) is 5.59. The Bertz CT molecular complexity index is 157. The monoisotopic (exact) mass is 169 g/mol. The molecule has 70 valence electrons. The van der Waals surface area contributed by atoms with Crippen LogP contribution in [-0.4, -0.2) is 35.7 Å². The fourth-order valence-electron chi connectivity index (χ4n) is 2.72. The molecule has 0 aromatic rings. The summed E-state index contributed by atoms with van der Waals surface area (Å²) in [4.78, 5) is 2.65. The van der Waals surface area contributed by atoms with Crippen molar-refractivity contribution in [1.82, 2.24) is 4.90 Å². The van der Waals surface area contributed by atoms with Crippen LogP contribution in [0.3, 0.4) is 0 Å². The van der Waals surface area contributed by atoms with E-state index in [9.17, 15) is 0 Å². The Morgan fingerprint density at radius 1 is 1.08 bits per heavy atom. The quantitative estimate of drug-likeness (QED) is 0.546. The molecule has 0 saturated carbocycles. The summed E-state index contributed by atoms with van der Waals surface area (Å²) in [6.07, 6.45) is 2.67. The van der Waals surface area contributed by atoms with E-state index in [1.807, 2.05) is 0 Å². The minimum Gasteiger partial charge on any atom is -0.378 e. The van der Waals surface area contributed by atoms with Gasteiger partial charge in [0, 0.05) is 17.6 Å². The molecule has 2 rings (SSSR count). The zero-order valence-electron chi connectivity index (χ0n) is 8.34. The Hall–Kier alpha value is -0.0800. The molecule has 2 aliphatic rings. The lowest BCUT2D eigenvalue weighted by molar-refractivity contribution is -0.0565. The standard InChI is InChI=1S/C10H19NO/c1-10(2,3)11-8-4-5-9(11)7-12-6-8/h8-9H,4-7H2,1-3H3/t8-,9+. The molecule has 2 atom stereocenters. The number of hydrogen-bond acceptors (Lipinski definition) is 2. The molecule has 2 fully saturated rings. The van der Waals surface area contributed by atoms with Crippen molar-refractivity contribution < 1.29 is 4.74 Å². The van der Waals surface area contributed by atoms with Crippen molar-refractivity contribution in [1.29, 1.82) is 0 Å². The van der Waals surface area contributed by atoms with Crippen molar-refractivity contribution in [3.05, 3.63) is 0 Å². The van der Waals surface area contributed by atoms with E-state index in [1.54, 1.807) is 0 Å². The van der Waals surface area contributed by atoms with Gasteiger partial charge < -0.3 is 4.74 Å². The summed E-state index contributed by atoms with van der Waals surface area (Å²) < 4.78 is 5.54. The van der Waals surface area contributed by atoms with Crippen LogP contribution in [0.15, 0.2) is 0 Å². The summed E-state index contributed by atoms with van der Waals surface area (Å²) in [6.45, 7) is 8.83. The molecule has 0 spiro atoms. The predicted octanol–water partition coefficient (Wildman–Crippen LogP) is 1.65. The normalized spacial score (nSPS) is 37.2. The smallest absolute Gasteiger partial charge is 0.0622 e. The number of nitrogens with zero attached hydrogens (tertiary/aromatic N) is 1. The fraction of sp³-hybridized carbons (Fsp3) is 1.00. The molecule has 2 heteroatoms. The Morgan fingerprint density at radius 2 is 1.58 bits per heavy atom. The molecule has 0 N–H and O–H groups in total. The van der Waals surface area contributed by atoms with Gasteiger partial charge in [-0.05, 0) is 33.6 Å². The number of rotatable bonds is 0. The van der Waals surface area contributed by atoms with Gasteiger partial charge in [-0.2, -0.15) is 0 Å². The van der Waals surface area contributed by atoms with Crippen molar-refractivity contribution in [2.24, 2.45) is 0 Å². The van der Waals surface area contributed by atoms with Gasteiger partial charge in [-0.25, -0.2) is 0 Å². The molecule has 0 aromatic carbocycles. The summed E-state index contributed by atoms with van der Waals surface area (Å²) >= 11 is 0. The van der Waals surface area contributed by atoms with Crippen molar-refractivity contribution >= 4 is 0 Å². The van der Waals surface area contributed by atoms with Crippen LogP contribution in [0, 0.1) is 0 Å². The van der Waals surface area contributed by atoms with Gasteiger partial charge in [0.05, 0.1) is 13.2 Å². The zero-order chi connectivity index (χ0) is 8.77. The molecule has 2 bridgehead atoms. The first kappa shape index (κ1) is 8.52. The Morgan fingerprint density at radius 3 is 1.92 bits per heavy atom. The first-order valence-electron chi connectivity index (χ1n) is 4.95. The van der Waals surface area contributed by atoms with E-state index >= 15 is 0 Å². The molecule has 0 unspecified atom stereocenters. The third kappa shape index (κ3) is 1.27. The van der Waals surface area contributed by atoms with E-state index in [0.29, 0.717) is 17.6 Å². The molecular weight excluding hydrogens is 150 g/mol. The molecule has 0 radical (unpaired) electrons. The highest BCUT2D eigenvalue weighted by Crippen LogP contribution is 2.34. The number of fused-ring (bicyclic) bond motifs is 2. The molecule has 2 nitrogen and oxygen atoms in total. The molecule has 0 aliphatic carbocycles. The van der Waals surface area contributed by atoms with E-state index in [2.05, 4.69) is 25.7 Å². The van der Waals surface area contributed by atoms with E-state index < -0.39 is 0 Å². The largest absolute Gasteiger partial charge is 0.378 e. The van der Waals surface area contributed by atoms with Crippen molar-refractivity contribution in [3.8, 4) is 0 Å². The number of ether oxygens (including phenoxy) is 1. The molecule has 2 aliphatic heterocycles. The SMILES string of the molecule is CC(C)(C)N1[C@@H]2CC[C@H]1COC2. The van der Waals surface area contributed by atoms with Crippen LogP contribution in [0.1, 0.15) is 33.6 Å². The third-order valence-corrected chi connectivity index (χ3v) is 3.01. The predicted molar refractivity (Wildman–Crippen MR) is 49.2 cm³/mol. The van der Waals surface area contributed by atoms with Crippen LogP contribution in [0.5, 0.6) is 0 Å². The van der Waals surface area contributed by atoms with Crippen LogP contribution in [0.4, 0.5) is 0 Å². The van der Waals surface area contributed by atoms with E-state index in [4.69, 9.17) is 4.74 Å². The Labute approximate surface area is 74.9 Å². The fourth-order valence-corrected chi connectivity index (χ4v) is 2.72. The van der Waals surface area contributed by atoms with Gasteiger partial charge >= 0.3 is 0 Å². The zero-order valence-corrected chi connectivity index (χ0v) is 8.34. The van der Waals surface area contributed by atoms with Gasteiger partial charge in [-0.15, -0.1) is 0 Å². The molecular formula is C10H19NO.